The van der Waals surface area contributed by atoms with Gasteiger partial charge >= 0.3 is 0 Å². The highest BCUT2D eigenvalue weighted by Gasteiger charge is 2.30. The monoisotopic (exact) mass is 346 g/mol. The lowest BCUT2D eigenvalue weighted by Crippen LogP contribution is -2.35. The SMILES string of the molecule is CN(c1ccnc(C2CC2)n1)C1CCN(c2cnc3ccccc3n2)C1. The Balaban J connectivity index is 1.33. The fraction of sp³-hybridized carbons (Fsp3) is 0.400. The Morgan fingerprint density at radius 2 is 1.85 bits per heavy atom. The van der Waals surface area contributed by atoms with E-state index in [4.69, 9.17) is 9.97 Å². The summed E-state index contributed by atoms with van der Waals surface area (Å²) in [7, 11) is 2.14. The van der Waals surface area contributed by atoms with E-state index in [1.807, 2.05) is 42.7 Å². The van der Waals surface area contributed by atoms with Crippen LogP contribution in [0.1, 0.15) is 31.0 Å². The van der Waals surface area contributed by atoms with Crippen LogP contribution < -0.4 is 9.80 Å². The van der Waals surface area contributed by atoms with E-state index in [0.29, 0.717) is 12.0 Å². The third-order valence-corrected chi connectivity index (χ3v) is 5.43. The molecule has 1 unspecified atom stereocenters. The van der Waals surface area contributed by atoms with Gasteiger partial charge in [0.15, 0.2) is 0 Å². The summed E-state index contributed by atoms with van der Waals surface area (Å²) in [4.78, 5) is 23.2. The van der Waals surface area contributed by atoms with Crippen molar-refractivity contribution >= 4 is 22.7 Å². The van der Waals surface area contributed by atoms with Crippen LogP contribution in [0.15, 0.2) is 42.7 Å². The van der Waals surface area contributed by atoms with E-state index in [2.05, 4.69) is 26.8 Å². The largest absolute Gasteiger partial charge is 0.355 e. The van der Waals surface area contributed by atoms with Crippen LogP contribution in [0.5, 0.6) is 0 Å². The molecule has 1 aromatic carbocycles. The van der Waals surface area contributed by atoms with Crippen molar-refractivity contribution in [2.24, 2.45) is 0 Å². The van der Waals surface area contributed by atoms with Crippen molar-refractivity contribution in [2.75, 3.05) is 29.9 Å². The Kier molecular flexibility index (Phi) is 3.69. The fourth-order valence-electron chi connectivity index (χ4n) is 3.65. The first-order valence-electron chi connectivity index (χ1n) is 9.30. The zero-order valence-corrected chi connectivity index (χ0v) is 14.9. The summed E-state index contributed by atoms with van der Waals surface area (Å²) in [6, 6.07) is 10.5. The first-order valence-corrected chi connectivity index (χ1v) is 9.30. The molecule has 0 spiro atoms. The van der Waals surface area contributed by atoms with E-state index >= 15 is 0 Å². The van der Waals surface area contributed by atoms with Gasteiger partial charge in [-0.15, -0.1) is 0 Å². The number of benzene rings is 1. The lowest BCUT2D eigenvalue weighted by molar-refractivity contribution is 0.679. The molecule has 3 aromatic rings. The Labute approximate surface area is 152 Å². The average molecular weight is 346 g/mol. The average Bonchev–Trinajstić information content (AvgIpc) is 3.44. The van der Waals surface area contributed by atoms with Crippen molar-refractivity contribution in [3.05, 3.63) is 48.5 Å². The van der Waals surface area contributed by atoms with Gasteiger partial charge in [0.2, 0.25) is 0 Å². The molecule has 1 saturated carbocycles. The molecule has 1 aliphatic heterocycles. The molecular weight excluding hydrogens is 324 g/mol. The molecule has 2 aliphatic rings. The third kappa shape index (κ3) is 2.85. The number of anilines is 2. The predicted octanol–water partition coefficient (Wildman–Crippen LogP) is 3.01. The fourth-order valence-corrected chi connectivity index (χ4v) is 3.65. The molecule has 1 saturated heterocycles. The van der Waals surface area contributed by atoms with Crippen LogP contribution >= 0.6 is 0 Å². The van der Waals surface area contributed by atoms with Gasteiger partial charge in [0.1, 0.15) is 17.5 Å². The standard InChI is InChI=1S/C20H22N6/c1-25(18-8-10-21-20(24-18)14-6-7-14)15-9-11-26(13-15)19-12-22-16-4-2-3-5-17(16)23-19/h2-5,8,10,12,14-15H,6-7,9,11,13H2,1H3. The van der Waals surface area contributed by atoms with E-state index in [0.717, 1.165) is 48.0 Å². The Hall–Kier alpha value is -2.76. The number of hydrogen-bond acceptors (Lipinski definition) is 6. The van der Waals surface area contributed by atoms with Gasteiger partial charge in [-0.1, -0.05) is 12.1 Å². The number of para-hydroxylation sites is 2. The quantitative estimate of drug-likeness (QED) is 0.724. The van der Waals surface area contributed by atoms with Gasteiger partial charge in [0.05, 0.1) is 17.2 Å². The number of nitrogens with zero attached hydrogens (tertiary/aromatic N) is 6. The van der Waals surface area contributed by atoms with Crippen molar-refractivity contribution in [3.8, 4) is 0 Å². The van der Waals surface area contributed by atoms with Gasteiger partial charge in [0.25, 0.3) is 0 Å². The molecule has 132 valence electrons. The predicted molar refractivity (Wildman–Crippen MR) is 103 cm³/mol. The molecule has 0 amide bonds. The minimum atomic E-state index is 0.422. The van der Waals surface area contributed by atoms with Crippen LogP contribution in [0.25, 0.3) is 11.0 Å². The van der Waals surface area contributed by atoms with E-state index in [1.54, 1.807) is 0 Å². The summed E-state index contributed by atoms with van der Waals surface area (Å²) in [6.45, 7) is 1.93. The second-order valence-electron chi connectivity index (χ2n) is 7.26. The molecule has 0 radical (unpaired) electrons. The van der Waals surface area contributed by atoms with Gasteiger partial charge in [-0.25, -0.2) is 15.0 Å². The van der Waals surface area contributed by atoms with Crippen LogP contribution in [0.4, 0.5) is 11.6 Å². The summed E-state index contributed by atoms with van der Waals surface area (Å²) in [5, 5.41) is 0. The molecule has 2 aromatic heterocycles. The summed E-state index contributed by atoms with van der Waals surface area (Å²) < 4.78 is 0. The molecule has 0 bridgehead atoms. The molecule has 1 atom stereocenters. The van der Waals surface area contributed by atoms with Crippen molar-refractivity contribution in [1.29, 1.82) is 0 Å². The molecule has 6 nitrogen and oxygen atoms in total. The molecule has 0 N–H and O–H groups in total. The van der Waals surface area contributed by atoms with E-state index in [-0.39, 0.29) is 0 Å². The normalized spacial score (nSPS) is 19.9. The molecule has 6 heteroatoms. The summed E-state index contributed by atoms with van der Waals surface area (Å²) in [5.74, 6) is 3.57. The van der Waals surface area contributed by atoms with Crippen LogP contribution in [0.2, 0.25) is 0 Å². The van der Waals surface area contributed by atoms with Gasteiger partial charge < -0.3 is 9.80 Å². The lowest BCUT2D eigenvalue weighted by Gasteiger charge is -2.26. The van der Waals surface area contributed by atoms with Crippen LogP contribution in [0, 0.1) is 0 Å². The smallest absolute Gasteiger partial charge is 0.147 e. The minimum absolute atomic E-state index is 0.422. The maximum atomic E-state index is 4.79. The first-order chi connectivity index (χ1) is 12.8. The van der Waals surface area contributed by atoms with E-state index in [9.17, 15) is 0 Å². The highest BCUT2D eigenvalue weighted by molar-refractivity contribution is 5.75. The van der Waals surface area contributed by atoms with Crippen LogP contribution in [0.3, 0.4) is 0 Å². The van der Waals surface area contributed by atoms with Gasteiger partial charge in [0, 0.05) is 38.3 Å². The van der Waals surface area contributed by atoms with Crippen LogP contribution in [-0.2, 0) is 0 Å². The second kappa shape index (κ2) is 6.20. The Morgan fingerprint density at radius 3 is 2.69 bits per heavy atom. The molecule has 3 heterocycles. The minimum Gasteiger partial charge on any atom is -0.355 e. The van der Waals surface area contributed by atoms with Gasteiger partial charge in [-0.05, 0) is 37.5 Å². The zero-order chi connectivity index (χ0) is 17.5. The summed E-state index contributed by atoms with van der Waals surface area (Å²) >= 11 is 0. The molecule has 1 aliphatic carbocycles. The number of rotatable bonds is 4. The zero-order valence-electron chi connectivity index (χ0n) is 14.9. The van der Waals surface area contributed by atoms with E-state index < -0.39 is 0 Å². The Bertz CT molecular complexity index is 938. The topological polar surface area (TPSA) is 58.0 Å². The Morgan fingerprint density at radius 1 is 1.00 bits per heavy atom. The first kappa shape index (κ1) is 15.5. The van der Waals surface area contributed by atoms with Crippen molar-refractivity contribution in [2.45, 2.75) is 31.2 Å². The second-order valence-corrected chi connectivity index (χ2v) is 7.26. The molecule has 2 fully saturated rings. The number of hydrogen-bond donors (Lipinski definition) is 0. The highest BCUT2D eigenvalue weighted by Crippen LogP contribution is 2.38. The van der Waals surface area contributed by atoms with E-state index in [1.165, 1.54) is 12.8 Å². The van der Waals surface area contributed by atoms with Gasteiger partial charge in [-0.3, -0.25) is 4.98 Å². The number of likely N-dealkylation sites (N-methyl/N-ethyl adjacent to an activating group) is 1. The van der Waals surface area contributed by atoms with Crippen molar-refractivity contribution in [3.63, 3.8) is 0 Å². The van der Waals surface area contributed by atoms with Crippen LogP contribution in [-0.4, -0.2) is 46.1 Å². The number of aromatic nitrogens is 4. The van der Waals surface area contributed by atoms with Gasteiger partial charge in [-0.2, -0.15) is 0 Å². The maximum absolute atomic E-state index is 4.79. The summed E-state index contributed by atoms with van der Waals surface area (Å²) in [6.07, 6.45) is 7.33. The highest BCUT2D eigenvalue weighted by atomic mass is 15.3. The van der Waals surface area contributed by atoms with Crippen molar-refractivity contribution < 1.29 is 0 Å². The number of fused-ring (bicyclic) bond motifs is 1. The maximum Gasteiger partial charge on any atom is 0.147 e. The molecule has 5 rings (SSSR count). The lowest BCUT2D eigenvalue weighted by atomic mass is 10.2. The molecular formula is C20H22N6. The van der Waals surface area contributed by atoms with Crippen molar-refractivity contribution in [1.82, 2.24) is 19.9 Å². The third-order valence-electron chi connectivity index (χ3n) is 5.43. The molecule has 26 heavy (non-hydrogen) atoms. The summed E-state index contributed by atoms with van der Waals surface area (Å²) in [5.41, 5.74) is 1.89.